The molecule has 0 spiro atoms. The van der Waals surface area contributed by atoms with Gasteiger partial charge in [-0.25, -0.2) is 8.42 Å². The van der Waals surface area contributed by atoms with Gasteiger partial charge < -0.3 is 10.1 Å². The summed E-state index contributed by atoms with van der Waals surface area (Å²) in [5, 5.41) is 3.20. The largest absolute Gasteiger partial charge is 0.379 e. The first-order valence-corrected chi connectivity index (χ1v) is 13.6. The first-order valence-electron chi connectivity index (χ1n) is 12.1. The van der Waals surface area contributed by atoms with Crippen LogP contribution in [0.15, 0.2) is 23.1 Å². The summed E-state index contributed by atoms with van der Waals surface area (Å²) in [7, 11) is -3.63. The maximum Gasteiger partial charge on any atom is 0.251 e. The van der Waals surface area contributed by atoms with Crippen LogP contribution < -0.4 is 5.32 Å². The number of amides is 1. The first-order chi connectivity index (χ1) is 15.4. The Morgan fingerprint density at radius 2 is 1.66 bits per heavy atom. The van der Waals surface area contributed by atoms with E-state index < -0.39 is 10.0 Å². The van der Waals surface area contributed by atoms with Crippen molar-refractivity contribution in [1.82, 2.24) is 14.5 Å². The summed E-state index contributed by atoms with van der Waals surface area (Å²) in [6, 6.07) is 4.89. The van der Waals surface area contributed by atoms with Gasteiger partial charge in [-0.15, -0.1) is 0 Å². The van der Waals surface area contributed by atoms with Gasteiger partial charge in [-0.2, -0.15) is 4.31 Å². The summed E-state index contributed by atoms with van der Waals surface area (Å²) < 4.78 is 32.9. The quantitative estimate of drug-likeness (QED) is 0.702. The average Bonchev–Trinajstić information content (AvgIpc) is 2.84. The Kier molecular flexibility index (Phi) is 7.54. The summed E-state index contributed by atoms with van der Waals surface area (Å²) in [6.07, 6.45) is 9.69. The highest BCUT2D eigenvalue weighted by Gasteiger charge is 2.38. The van der Waals surface area contributed by atoms with E-state index in [2.05, 4.69) is 10.2 Å². The summed E-state index contributed by atoms with van der Waals surface area (Å²) >= 11 is 0. The molecule has 1 aromatic rings. The van der Waals surface area contributed by atoms with Crippen molar-refractivity contribution < 1.29 is 17.9 Å². The third-order valence-corrected chi connectivity index (χ3v) is 9.35. The van der Waals surface area contributed by atoms with Gasteiger partial charge in [-0.3, -0.25) is 9.69 Å². The van der Waals surface area contributed by atoms with Crippen LogP contribution in [0, 0.1) is 6.92 Å². The molecule has 0 unspecified atom stereocenters. The Labute approximate surface area is 192 Å². The molecule has 3 fully saturated rings. The second-order valence-corrected chi connectivity index (χ2v) is 11.4. The van der Waals surface area contributed by atoms with Crippen LogP contribution in [0.4, 0.5) is 0 Å². The van der Waals surface area contributed by atoms with Crippen LogP contribution in [0.25, 0.3) is 0 Å². The van der Waals surface area contributed by atoms with Crippen molar-refractivity contribution in [3.63, 3.8) is 0 Å². The Hall–Kier alpha value is -1.48. The van der Waals surface area contributed by atoms with E-state index in [1.165, 1.54) is 42.8 Å². The SMILES string of the molecule is Cc1ccc(S(=O)(=O)N2CCOCC2)cc1C(=O)NCC1(N2CCCCC2)CCCCC1. The molecule has 1 amide bonds. The minimum atomic E-state index is -3.63. The first kappa shape index (κ1) is 23.7. The number of ether oxygens (including phenoxy) is 1. The van der Waals surface area contributed by atoms with Crippen molar-refractivity contribution in [2.24, 2.45) is 0 Å². The number of aryl methyl sites for hydroxylation is 1. The third kappa shape index (κ3) is 5.03. The maximum absolute atomic E-state index is 13.2. The van der Waals surface area contributed by atoms with Crippen LogP contribution in [0.3, 0.4) is 0 Å². The summed E-state index contributed by atoms with van der Waals surface area (Å²) in [5.74, 6) is -0.177. The minimum Gasteiger partial charge on any atom is -0.379 e. The van der Waals surface area contributed by atoms with Gasteiger partial charge in [0.15, 0.2) is 0 Å². The number of morpholine rings is 1. The topological polar surface area (TPSA) is 78.9 Å². The molecule has 2 aliphatic heterocycles. The molecule has 1 aliphatic carbocycles. The van der Waals surface area contributed by atoms with E-state index in [1.807, 2.05) is 6.92 Å². The van der Waals surface area contributed by atoms with E-state index >= 15 is 0 Å². The number of hydrogen-bond acceptors (Lipinski definition) is 5. The maximum atomic E-state index is 13.2. The molecule has 0 bridgehead atoms. The van der Waals surface area contributed by atoms with E-state index in [4.69, 9.17) is 4.74 Å². The molecule has 1 saturated carbocycles. The van der Waals surface area contributed by atoms with Gasteiger partial charge in [0.05, 0.1) is 18.1 Å². The number of carbonyl (C=O) groups is 1. The zero-order valence-corrected chi connectivity index (χ0v) is 20.1. The lowest BCUT2D eigenvalue weighted by Crippen LogP contribution is -2.58. The van der Waals surface area contributed by atoms with Gasteiger partial charge >= 0.3 is 0 Å². The predicted molar refractivity (Wildman–Crippen MR) is 124 cm³/mol. The van der Waals surface area contributed by atoms with Gasteiger partial charge in [0, 0.05) is 30.7 Å². The van der Waals surface area contributed by atoms with Crippen molar-refractivity contribution in [2.45, 2.75) is 68.7 Å². The molecule has 1 aromatic carbocycles. The smallest absolute Gasteiger partial charge is 0.251 e. The second-order valence-electron chi connectivity index (χ2n) is 9.51. The standard InChI is InChI=1S/C24H37N3O4S/c1-20-8-9-21(32(29,30)27-14-16-31-17-15-27)18-22(20)23(28)25-19-24(10-4-2-5-11-24)26-12-6-3-7-13-26/h8-9,18H,2-7,10-17,19H2,1H3,(H,25,28). The van der Waals surface area contributed by atoms with Crippen molar-refractivity contribution in [1.29, 1.82) is 0 Å². The number of likely N-dealkylation sites (tertiary alicyclic amines) is 1. The lowest BCUT2D eigenvalue weighted by molar-refractivity contribution is 0.0326. The van der Waals surface area contributed by atoms with Gasteiger partial charge in [-0.05, 0) is 63.4 Å². The Bertz CT molecular complexity index is 900. The van der Waals surface area contributed by atoms with Crippen LogP contribution in [0.1, 0.15) is 67.3 Å². The van der Waals surface area contributed by atoms with Crippen molar-refractivity contribution in [3.05, 3.63) is 29.3 Å². The highest BCUT2D eigenvalue weighted by atomic mass is 32.2. The highest BCUT2D eigenvalue weighted by Crippen LogP contribution is 2.35. The van der Waals surface area contributed by atoms with Crippen LogP contribution >= 0.6 is 0 Å². The van der Waals surface area contributed by atoms with Crippen LogP contribution in [0.2, 0.25) is 0 Å². The average molecular weight is 464 g/mol. The fraction of sp³-hybridized carbons (Fsp3) is 0.708. The molecule has 2 heterocycles. The van der Waals surface area contributed by atoms with Crippen LogP contribution in [-0.4, -0.2) is 75.0 Å². The second kappa shape index (κ2) is 10.2. The monoisotopic (exact) mass is 463 g/mol. The molecular formula is C24H37N3O4S. The number of rotatable bonds is 6. The molecule has 0 aromatic heterocycles. The number of benzene rings is 1. The Balaban J connectivity index is 1.50. The summed E-state index contributed by atoms with van der Waals surface area (Å²) in [4.78, 5) is 16.0. The number of piperidine rings is 1. The summed E-state index contributed by atoms with van der Waals surface area (Å²) in [5.41, 5.74) is 1.28. The normalized spacial score (nSPS) is 23.0. The minimum absolute atomic E-state index is 0.0414. The molecular weight excluding hydrogens is 426 g/mol. The summed E-state index contributed by atoms with van der Waals surface area (Å²) in [6.45, 7) is 6.21. The number of hydrogen-bond donors (Lipinski definition) is 1. The zero-order chi connectivity index (χ0) is 22.6. The lowest BCUT2D eigenvalue weighted by atomic mass is 9.79. The molecule has 8 heteroatoms. The van der Waals surface area contributed by atoms with E-state index in [0.717, 1.165) is 31.5 Å². The molecule has 0 atom stereocenters. The Morgan fingerprint density at radius 1 is 1.00 bits per heavy atom. The number of sulfonamides is 1. The van der Waals surface area contributed by atoms with Crippen LogP contribution in [0.5, 0.6) is 0 Å². The van der Waals surface area contributed by atoms with Crippen LogP contribution in [-0.2, 0) is 14.8 Å². The lowest BCUT2D eigenvalue weighted by Gasteiger charge is -2.48. The number of carbonyl (C=O) groups excluding carboxylic acids is 1. The van der Waals surface area contributed by atoms with Crippen molar-refractivity contribution in [2.75, 3.05) is 45.9 Å². The molecule has 178 valence electrons. The third-order valence-electron chi connectivity index (χ3n) is 7.45. The van der Waals surface area contributed by atoms with E-state index in [-0.39, 0.29) is 16.3 Å². The molecule has 1 N–H and O–H groups in total. The highest BCUT2D eigenvalue weighted by molar-refractivity contribution is 7.89. The molecule has 7 nitrogen and oxygen atoms in total. The van der Waals surface area contributed by atoms with E-state index in [9.17, 15) is 13.2 Å². The fourth-order valence-corrected chi connectivity index (χ4v) is 6.90. The zero-order valence-electron chi connectivity index (χ0n) is 19.3. The Morgan fingerprint density at radius 3 is 2.34 bits per heavy atom. The van der Waals surface area contributed by atoms with Gasteiger partial charge in [0.25, 0.3) is 5.91 Å². The van der Waals surface area contributed by atoms with Crippen molar-refractivity contribution in [3.8, 4) is 0 Å². The van der Waals surface area contributed by atoms with Gasteiger partial charge in [0.2, 0.25) is 10.0 Å². The molecule has 2 saturated heterocycles. The molecule has 32 heavy (non-hydrogen) atoms. The van der Waals surface area contributed by atoms with E-state index in [0.29, 0.717) is 38.4 Å². The van der Waals surface area contributed by atoms with Crippen molar-refractivity contribution >= 4 is 15.9 Å². The molecule has 3 aliphatic rings. The van der Waals surface area contributed by atoms with Gasteiger partial charge in [0.1, 0.15) is 0 Å². The van der Waals surface area contributed by atoms with Gasteiger partial charge in [-0.1, -0.05) is 31.7 Å². The molecule has 4 rings (SSSR count). The fourth-order valence-electron chi connectivity index (χ4n) is 5.47. The number of nitrogens with one attached hydrogen (secondary N) is 1. The number of nitrogens with zero attached hydrogens (tertiary/aromatic N) is 2. The van der Waals surface area contributed by atoms with E-state index in [1.54, 1.807) is 18.2 Å². The molecule has 0 radical (unpaired) electrons. The predicted octanol–water partition coefficient (Wildman–Crippen LogP) is 2.93.